The molecule has 10 nitrogen and oxygen atoms in total. The molecule has 0 fully saturated rings. The fraction of sp³-hybridized carbons (Fsp3) is 0.545. The lowest BCUT2D eigenvalue weighted by Gasteiger charge is -2.21. The van der Waals surface area contributed by atoms with Crippen LogP contribution in [0.3, 0.4) is 0 Å². The minimum atomic E-state index is -0.677. The topological polar surface area (TPSA) is 134 Å². The summed E-state index contributed by atoms with van der Waals surface area (Å²) < 4.78 is 9.79. The summed E-state index contributed by atoms with van der Waals surface area (Å²) in [6.45, 7) is 2.47. The van der Waals surface area contributed by atoms with Gasteiger partial charge in [-0.1, -0.05) is 0 Å². The van der Waals surface area contributed by atoms with Gasteiger partial charge in [0.2, 0.25) is 11.8 Å². The molecule has 0 spiro atoms. The van der Waals surface area contributed by atoms with E-state index in [4.69, 9.17) is 15.2 Å². The molecule has 0 aliphatic carbocycles. The molecule has 0 unspecified atom stereocenters. The second-order valence-electron chi connectivity index (χ2n) is 3.92. The monoisotopic (exact) mass is 299 g/mol. The highest BCUT2D eigenvalue weighted by Crippen LogP contribution is 2.20. The summed E-state index contributed by atoms with van der Waals surface area (Å²) in [5, 5.41) is 10.7. The minimum Gasteiger partial charge on any atom is -0.465 e. The Balaban J connectivity index is 2.94. The normalized spacial score (nSPS) is 10.2. The van der Waals surface area contributed by atoms with Crippen molar-refractivity contribution in [1.82, 2.24) is 9.97 Å². The highest BCUT2D eigenvalue weighted by molar-refractivity contribution is 5.75. The van der Waals surface area contributed by atoms with E-state index >= 15 is 0 Å². The molecule has 0 aliphatic rings. The average molecular weight is 299 g/mol. The molecule has 10 heteroatoms. The second-order valence-corrected chi connectivity index (χ2v) is 3.92. The number of hydrogen-bond acceptors (Lipinski definition) is 9. The van der Waals surface area contributed by atoms with Crippen molar-refractivity contribution in [2.24, 2.45) is 0 Å². The predicted octanol–water partition coefficient (Wildman–Crippen LogP) is -0.0171. The maximum atomic E-state index is 11.6. The number of nitrogens with zero attached hydrogens (tertiary/aromatic N) is 4. The van der Waals surface area contributed by atoms with Gasteiger partial charge in [0, 0.05) is 13.7 Å². The van der Waals surface area contributed by atoms with Crippen molar-refractivity contribution in [3.8, 4) is 0 Å². The van der Waals surface area contributed by atoms with Gasteiger partial charge in [-0.15, -0.1) is 0 Å². The summed E-state index contributed by atoms with van der Waals surface area (Å²) >= 11 is 0. The second kappa shape index (κ2) is 7.94. The molecule has 21 heavy (non-hydrogen) atoms. The molecule has 0 aliphatic heterocycles. The van der Waals surface area contributed by atoms with E-state index in [2.05, 4.69) is 9.97 Å². The predicted molar refractivity (Wildman–Crippen MR) is 73.8 cm³/mol. The van der Waals surface area contributed by atoms with Crippen LogP contribution in [-0.2, 0) is 14.3 Å². The van der Waals surface area contributed by atoms with E-state index < -0.39 is 10.9 Å². The Morgan fingerprint density at radius 3 is 2.81 bits per heavy atom. The van der Waals surface area contributed by atoms with Gasteiger partial charge < -0.3 is 20.1 Å². The first-order valence-corrected chi connectivity index (χ1v) is 6.16. The zero-order valence-corrected chi connectivity index (χ0v) is 11.8. The van der Waals surface area contributed by atoms with Crippen molar-refractivity contribution in [3.63, 3.8) is 0 Å². The van der Waals surface area contributed by atoms with Crippen molar-refractivity contribution in [2.75, 3.05) is 44.0 Å². The maximum Gasteiger partial charge on any atom is 0.329 e. The molecule has 1 aromatic heterocycles. The molecule has 0 amide bonds. The molecule has 1 heterocycles. The van der Waals surface area contributed by atoms with Gasteiger partial charge in [0.15, 0.2) is 0 Å². The van der Waals surface area contributed by atoms with Gasteiger partial charge in [-0.3, -0.25) is 14.9 Å². The Bertz CT molecular complexity index is 510. The molecule has 1 aromatic rings. The summed E-state index contributed by atoms with van der Waals surface area (Å²) in [6.07, 6.45) is 1.00. The number of hydrogen-bond donors (Lipinski definition) is 1. The first-order chi connectivity index (χ1) is 9.99. The fourth-order valence-corrected chi connectivity index (χ4v) is 1.49. The van der Waals surface area contributed by atoms with Crippen LogP contribution < -0.4 is 10.6 Å². The van der Waals surface area contributed by atoms with Crippen molar-refractivity contribution in [1.29, 1.82) is 0 Å². The van der Waals surface area contributed by atoms with E-state index in [1.165, 1.54) is 12.0 Å². The zero-order chi connectivity index (χ0) is 15.8. The third kappa shape index (κ3) is 4.84. The van der Waals surface area contributed by atoms with Gasteiger partial charge >= 0.3 is 11.7 Å². The number of anilines is 2. The Hall–Kier alpha value is -2.49. The number of aromatic nitrogens is 2. The standard InChI is InChI=1S/C11H17N5O5/c1-3-21-9(17)7-15(4-5-20-2)11-13-6-8(16(18)19)10(12)14-11/h6H,3-5,7H2,1-2H3,(H2,12,13,14). The van der Waals surface area contributed by atoms with Crippen LogP contribution in [0.1, 0.15) is 6.92 Å². The molecule has 116 valence electrons. The molecular weight excluding hydrogens is 282 g/mol. The van der Waals surface area contributed by atoms with Crippen LogP contribution in [0.25, 0.3) is 0 Å². The largest absolute Gasteiger partial charge is 0.465 e. The summed E-state index contributed by atoms with van der Waals surface area (Å²) in [7, 11) is 1.51. The van der Waals surface area contributed by atoms with Gasteiger partial charge in [0.25, 0.3) is 0 Å². The number of ether oxygens (including phenoxy) is 2. The molecule has 0 saturated heterocycles. The molecule has 0 aromatic carbocycles. The van der Waals surface area contributed by atoms with Crippen LogP contribution in [-0.4, -0.2) is 54.3 Å². The van der Waals surface area contributed by atoms with Crippen LogP contribution in [0, 0.1) is 10.1 Å². The van der Waals surface area contributed by atoms with E-state index in [0.717, 1.165) is 6.20 Å². The van der Waals surface area contributed by atoms with E-state index in [1.54, 1.807) is 6.92 Å². The van der Waals surface area contributed by atoms with Crippen LogP contribution in [0.15, 0.2) is 6.20 Å². The first kappa shape index (κ1) is 16.6. The number of methoxy groups -OCH3 is 1. The highest BCUT2D eigenvalue weighted by Gasteiger charge is 2.19. The lowest BCUT2D eigenvalue weighted by Crippen LogP contribution is -2.35. The zero-order valence-electron chi connectivity index (χ0n) is 11.8. The third-order valence-corrected chi connectivity index (χ3v) is 2.46. The maximum absolute atomic E-state index is 11.6. The number of esters is 1. The molecule has 0 bridgehead atoms. The third-order valence-electron chi connectivity index (χ3n) is 2.46. The molecular formula is C11H17N5O5. The van der Waals surface area contributed by atoms with Crippen LogP contribution in [0.5, 0.6) is 0 Å². The van der Waals surface area contributed by atoms with Crippen molar-refractivity contribution >= 4 is 23.4 Å². The van der Waals surface area contributed by atoms with Crippen molar-refractivity contribution < 1.29 is 19.2 Å². The van der Waals surface area contributed by atoms with Crippen molar-refractivity contribution in [2.45, 2.75) is 6.92 Å². The van der Waals surface area contributed by atoms with Crippen molar-refractivity contribution in [3.05, 3.63) is 16.3 Å². The van der Waals surface area contributed by atoms with Crippen LogP contribution >= 0.6 is 0 Å². The van der Waals surface area contributed by atoms with Crippen LogP contribution in [0.2, 0.25) is 0 Å². The molecule has 1 rings (SSSR count). The highest BCUT2D eigenvalue weighted by atomic mass is 16.6. The van der Waals surface area contributed by atoms with Gasteiger partial charge in [0.1, 0.15) is 12.7 Å². The Labute approximate surface area is 121 Å². The van der Waals surface area contributed by atoms with E-state index in [-0.39, 0.29) is 30.6 Å². The van der Waals surface area contributed by atoms with E-state index in [0.29, 0.717) is 13.2 Å². The van der Waals surface area contributed by atoms with Crippen LogP contribution in [0.4, 0.5) is 17.5 Å². The number of rotatable bonds is 8. The fourth-order valence-electron chi connectivity index (χ4n) is 1.49. The summed E-state index contributed by atoms with van der Waals surface area (Å²) in [5.41, 5.74) is 5.12. The van der Waals surface area contributed by atoms with Gasteiger partial charge in [-0.05, 0) is 6.92 Å². The molecule has 2 N–H and O–H groups in total. The lowest BCUT2D eigenvalue weighted by atomic mass is 10.4. The molecule has 0 radical (unpaired) electrons. The Morgan fingerprint density at radius 1 is 1.57 bits per heavy atom. The summed E-state index contributed by atoms with van der Waals surface area (Å²) in [5.74, 6) is -0.631. The van der Waals surface area contributed by atoms with E-state index in [1.807, 2.05) is 0 Å². The minimum absolute atomic E-state index is 0.100. The summed E-state index contributed by atoms with van der Waals surface area (Å²) in [4.78, 5) is 30.7. The number of nitro groups is 1. The SMILES string of the molecule is CCOC(=O)CN(CCOC)c1ncc([N+](=O)[O-])c(N)n1. The Morgan fingerprint density at radius 2 is 2.29 bits per heavy atom. The lowest BCUT2D eigenvalue weighted by molar-refractivity contribution is -0.384. The smallest absolute Gasteiger partial charge is 0.329 e. The first-order valence-electron chi connectivity index (χ1n) is 6.16. The number of carbonyl (C=O) groups excluding carboxylic acids is 1. The number of nitrogen functional groups attached to an aromatic ring is 1. The molecule has 0 saturated carbocycles. The average Bonchev–Trinajstić information content (AvgIpc) is 2.43. The number of nitrogens with two attached hydrogens (primary N) is 1. The van der Waals surface area contributed by atoms with Gasteiger partial charge in [-0.2, -0.15) is 4.98 Å². The quantitative estimate of drug-likeness (QED) is 0.399. The number of carbonyl (C=O) groups is 1. The van der Waals surface area contributed by atoms with Gasteiger partial charge in [-0.25, -0.2) is 4.98 Å². The van der Waals surface area contributed by atoms with Gasteiger partial charge in [0.05, 0.1) is 18.1 Å². The Kier molecular flexibility index (Phi) is 6.27. The van der Waals surface area contributed by atoms with E-state index in [9.17, 15) is 14.9 Å². The summed E-state index contributed by atoms with van der Waals surface area (Å²) in [6, 6.07) is 0. The molecule has 0 atom stereocenters.